The van der Waals surface area contributed by atoms with Gasteiger partial charge in [0.2, 0.25) is 0 Å². The van der Waals surface area contributed by atoms with Crippen LogP contribution in [0.3, 0.4) is 0 Å². The maximum absolute atomic E-state index is 14.4. The molecular weight excluding hydrogens is 375 g/mol. The van der Waals surface area contributed by atoms with E-state index < -0.39 is 9.84 Å². The highest BCUT2D eigenvalue weighted by molar-refractivity contribution is 7.91. The third kappa shape index (κ3) is 5.07. The first-order chi connectivity index (χ1) is 13.3. The molecule has 0 radical (unpaired) electrons. The summed E-state index contributed by atoms with van der Waals surface area (Å²) in [5.74, 6) is 2.01. The summed E-state index contributed by atoms with van der Waals surface area (Å²) in [6.07, 6.45) is 4.68. The van der Waals surface area contributed by atoms with E-state index >= 15 is 0 Å². The smallest absolute Gasteiger partial charge is 0.178 e. The quantitative estimate of drug-likeness (QED) is 0.659. The van der Waals surface area contributed by atoms with E-state index in [9.17, 15) is 12.8 Å². The molecule has 2 aliphatic heterocycles. The molecule has 1 aromatic carbocycles. The van der Waals surface area contributed by atoms with E-state index in [4.69, 9.17) is 0 Å². The van der Waals surface area contributed by atoms with Crippen molar-refractivity contribution in [1.82, 2.24) is 4.90 Å². The monoisotopic (exact) mass is 410 g/mol. The second-order valence-corrected chi connectivity index (χ2v) is 11.1. The average molecular weight is 411 g/mol. The van der Waals surface area contributed by atoms with Crippen molar-refractivity contribution in [2.45, 2.75) is 51.3 Å². The van der Waals surface area contributed by atoms with Gasteiger partial charge in [0.25, 0.3) is 0 Å². The first-order valence-electron chi connectivity index (χ1n) is 10.8. The Morgan fingerprint density at radius 1 is 1.07 bits per heavy atom. The number of nitrogens with zero attached hydrogens (tertiary/aromatic N) is 2. The van der Waals surface area contributed by atoms with Gasteiger partial charge in [-0.15, -0.1) is 0 Å². The molecule has 28 heavy (non-hydrogen) atoms. The van der Waals surface area contributed by atoms with Crippen molar-refractivity contribution < 1.29 is 12.8 Å². The summed E-state index contributed by atoms with van der Waals surface area (Å²) in [6, 6.07) is 4.19. The minimum absolute atomic E-state index is 0.0354. The summed E-state index contributed by atoms with van der Waals surface area (Å²) in [4.78, 5) is 4.85. The average Bonchev–Trinajstić information content (AvgIpc) is 2.69. The summed E-state index contributed by atoms with van der Waals surface area (Å²) in [7, 11) is -3.32. The summed E-state index contributed by atoms with van der Waals surface area (Å²) in [5, 5.41) is 0. The Labute approximate surface area is 170 Å². The van der Waals surface area contributed by atoms with Crippen LogP contribution >= 0.6 is 0 Å². The summed E-state index contributed by atoms with van der Waals surface area (Å²) >= 11 is 0. The maximum Gasteiger partial charge on any atom is 0.178 e. The first kappa shape index (κ1) is 21.6. The van der Waals surface area contributed by atoms with E-state index in [0.717, 1.165) is 44.3 Å². The third-order valence-electron chi connectivity index (χ3n) is 6.70. The maximum atomic E-state index is 14.4. The molecular formula is C22H35FN2O2S. The lowest BCUT2D eigenvalue weighted by Gasteiger charge is -2.39. The SMILES string of the molecule is CCS(=O)(=O)c1ccc(F)c(N2CCC(CN3CCC(C(C)C)CC3)CC2)c1. The predicted molar refractivity (Wildman–Crippen MR) is 113 cm³/mol. The summed E-state index contributed by atoms with van der Waals surface area (Å²) in [6.45, 7) is 11.4. The molecule has 0 aliphatic carbocycles. The molecule has 1 aromatic rings. The van der Waals surface area contributed by atoms with Crippen LogP contribution in [0.2, 0.25) is 0 Å². The number of likely N-dealkylation sites (tertiary alicyclic amines) is 1. The molecule has 2 aliphatic rings. The van der Waals surface area contributed by atoms with E-state index in [2.05, 4.69) is 18.7 Å². The number of rotatable bonds is 6. The van der Waals surface area contributed by atoms with Gasteiger partial charge in [-0.1, -0.05) is 20.8 Å². The molecule has 0 aromatic heterocycles. The van der Waals surface area contributed by atoms with Crippen LogP contribution in [0, 0.1) is 23.6 Å². The topological polar surface area (TPSA) is 40.6 Å². The molecule has 0 atom stereocenters. The van der Waals surface area contributed by atoms with Gasteiger partial charge >= 0.3 is 0 Å². The molecule has 158 valence electrons. The van der Waals surface area contributed by atoms with Gasteiger partial charge in [0.15, 0.2) is 9.84 Å². The van der Waals surface area contributed by atoms with E-state index in [-0.39, 0.29) is 16.5 Å². The van der Waals surface area contributed by atoms with Gasteiger partial charge in [0, 0.05) is 19.6 Å². The number of hydrogen-bond donors (Lipinski definition) is 0. The normalized spacial score (nSPS) is 20.8. The van der Waals surface area contributed by atoms with E-state index in [0.29, 0.717) is 11.6 Å². The van der Waals surface area contributed by atoms with Crippen molar-refractivity contribution >= 4 is 15.5 Å². The lowest BCUT2D eigenvalue weighted by molar-refractivity contribution is 0.132. The summed E-state index contributed by atoms with van der Waals surface area (Å²) < 4.78 is 38.7. The van der Waals surface area contributed by atoms with Crippen LogP contribution in [0.5, 0.6) is 0 Å². The van der Waals surface area contributed by atoms with E-state index in [1.165, 1.54) is 44.1 Å². The van der Waals surface area contributed by atoms with E-state index in [1.54, 1.807) is 6.92 Å². The van der Waals surface area contributed by atoms with Crippen LogP contribution in [0.25, 0.3) is 0 Å². The van der Waals surface area contributed by atoms with Crippen molar-refractivity contribution in [3.63, 3.8) is 0 Å². The standard InChI is InChI=1S/C22H35FN2O2S/c1-4-28(26,27)20-5-6-21(23)22(15-20)25-13-7-18(8-14-25)16-24-11-9-19(10-12-24)17(2)3/h5-6,15,17-19H,4,7-14,16H2,1-3H3. The largest absolute Gasteiger partial charge is 0.369 e. The lowest BCUT2D eigenvalue weighted by Crippen LogP contribution is -2.42. The molecule has 4 nitrogen and oxygen atoms in total. The number of anilines is 1. The molecule has 2 heterocycles. The zero-order valence-electron chi connectivity index (χ0n) is 17.5. The van der Waals surface area contributed by atoms with Crippen molar-refractivity contribution in [3.05, 3.63) is 24.0 Å². The zero-order chi connectivity index (χ0) is 20.3. The minimum atomic E-state index is -3.32. The van der Waals surface area contributed by atoms with Crippen LogP contribution in [-0.4, -0.2) is 51.8 Å². The predicted octanol–water partition coefficient (Wildman–Crippen LogP) is 4.20. The van der Waals surface area contributed by atoms with Crippen LogP contribution in [-0.2, 0) is 9.84 Å². The Morgan fingerprint density at radius 3 is 2.29 bits per heavy atom. The number of piperidine rings is 2. The molecule has 0 unspecified atom stereocenters. The molecule has 2 saturated heterocycles. The Bertz CT molecular complexity index is 750. The second kappa shape index (κ2) is 9.12. The second-order valence-electron chi connectivity index (χ2n) is 8.83. The van der Waals surface area contributed by atoms with Crippen LogP contribution in [0.4, 0.5) is 10.1 Å². The summed E-state index contributed by atoms with van der Waals surface area (Å²) in [5.41, 5.74) is 0.436. The number of sulfone groups is 1. The zero-order valence-corrected chi connectivity index (χ0v) is 18.3. The fourth-order valence-electron chi connectivity index (χ4n) is 4.62. The van der Waals surface area contributed by atoms with Crippen LogP contribution < -0.4 is 4.90 Å². The van der Waals surface area contributed by atoms with Crippen molar-refractivity contribution in [3.8, 4) is 0 Å². The molecule has 3 rings (SSSR count). The van der Waals surface area contributed by atoms with Crippen LogP contribution in [0.15, 0.2) is 23.1 Å². The fraction of sp³-hybridized carbons (Fsp3) is 0.727. The number of hydrogen-bond acceptors (Lipinski definition) is 4. The molecule has 6 heteroatoms. The number of halogens is 1. The van der Waals surface area contributed by atoms with Crippen LogP contribution in [0.1, 0.15) is 46.5 Å². The Kier molecular flexibility index (Phi) is 7.02. The van der Waals surface area contributed by atoms with Gasteiger partial charge in [0.05, 0.1) is 16.3 Å². The molecule has 2 fully saturated rings. The molecule has 0 amide bonds. The van der Waals surface area contributed by atoms with Gasteiger partial charge in [0.1, 0.15) is 5.82 Å². The fourth-order valence-corrected chi connectivity index (χ4v) is 5.52. The number of benzene rings is 1. The third-order valence-corrected chi connectivity index (χ3v) is 8.44. The van der Waals surface area contributed by atoms with Crippen molar-refractivity contribution in [2.24, 2.45) is 17.8 Å². The van der Waals surface area contributed by atoms with Crippen molar-refractivity contribution in [1.29, 1.82) is 0 Å². The lowest BCUT2D eigenvalue weighted by atomic mass is 9.86. The molecule has 0 bridgehead atoms. The van der Waals surface area contributed by atoms with Gasteiger partial charge in [-0.25, -0.2) is 12.8 Å². The highest BCUT2D eigenvalue weighted by Crippen LogP contribution is 2.30. The molecule has 0 N–H and O–H groups in total. The molecule has 0 spiro atoms. The van der Waals surface area contributed by atoms with Gasteiger partial charge in [-0.3, -0.25) is 0 Å². The van der Waals surface area contributed by atoms with Gasteiger partial charge in [-0.2, -0.15) is 0 Å². The Morgan fingerprint density at radius 2 is 1.71 bits per heavy atom. The van der Waals surface area contributed by atoms with Gasteiger partial charge in [-0.05, 0) is 74.7 Å². The van der Waals surface area contributed by atoms with Crippen molar-refractivity contribution in [2.75, 3.05) is 43.4 Å². The Hall–Kier alpha value is -1.14. The highest BCUT2D eigenvalue weighted by atomic mass is 32.2. The van der Waals surface area contributed by atoms with Gasteiger partial charge < -0.3 is 9.80 Å². The van der Waals surface area contributed by atoms with E-state index in [1.807, 2.05) is 4.90 Å². The highest BCUT2D eigenvalue weighted by Gasteiger charge is 2.27. The minimum Gasteiger partial charge on any atom is -0.369 e. The Balaban J connectivity index is 1.55. The first-order valence-corrected chi connectivity index (χ1v) is 12.4. The molecule has 0 saturated carbocycles.